The van der Waals surface area contributed by atoms with Crippen LogP contribution in [0.3, 0.4) is 0 Å². The number of halogens is 2. The summed E-state index contributed by atoms with van der Waals surface area (Å²) in [7, 11) is -3.91. The van der Waals surface area contributed by atoms with Crippen molar-refractivity contribution < 1.29 is 13.2 Å². The third-order valence-corrected chi connectivity index (χ3v) is 9.58. The normalized spacial score (nSPS) is 11.6. The molecule has 0 aliphatic rings. The first-order valence-corrected chi connectivity index (χ1v) is 16.0. The van der Waals surface area contributed by atoms with Gasteiger partial charge in [0, 0.05) is 27.5 Å². The highest BCUT2D eigenvalue weighted by molar-refractivity contribution is 7.92. The standard InChI is InChI=1S/C34H30Cl2N4O3S/c1-23-13-18-29(35)20-33(23)39(44(42,43)30-9-5-4-6-10-30)22-26-14-16-27(17-15-26)34(41)38-37-21-28-19-24(2)40(25(28)3)32-12-8-7-11-31(32)36/h4-21H,22H2,1-3H3,(H,38,41)/b37-21+. The number of rotatable bonds is 9. The molecule has 0 atom stereocenters. The highest BCUT2D eigenvalue weighted by Crippen LogP contribution is 2.31. The minimum absolute atomic E-state index is 0.0412. The molecule has 0 unspecified atom stereocenters. The van der Waals surface area contributed by atoms with E-state index in [1.807, 2.05) is 55.7 Å². The Morgan fingerprint density at radius 1 is 0.886 bits per heavy atom. The molecule has 1 amide bonds. The van der Waals surface area contributed by atoms with Gasteiger partial charge in [-0.1, -0.05) is 71.7 Å². The van der Waals surface area contributed by atoms with Crippen LogP contribution < -0.4 is 9.73 Å². The summed E-state index contributed by atoms with van der Waals surface area (Å²) in [6.45, 7) is 5.82. The number of para-hydroxylation sites is 1. The summed E-state index contributed by atoms with van der Waals surface area (Å²) in [6, 6.07) is 29.7. The van der Waals surface area contributed by atoms with Crippen LogP contribution in [0.1, 0.15) is 38.4 Å². The van der Waals surface area contributed by atoms with E-state index in [0.717, 1.165) is 28.2 Å². The van der Waals surface area contributed by atoms with Crippen molar-refractivity contribution >= 4 is 51.0 Å². The number of hydrogen-bond acceptors (Lipinski definition) is 4. The zero-order valence-electron chi connectivity index (χ0n) is 24.3. The van der Waals surface area contributed by atoms with Crippen molar-refractivity contribution in [3.8, 4) is 5.69 Å². The maximum atomic E-state index is 13.7. The molecule has 1 N–H and O–H groups in total. The van der Waals surface area contributed by atoms with Crippen molar-refractivity contribution in [3.05, 3.63) is 147 Å². The maximum Gasteiger partial charge on any atom is 0.271 e. The van der Waals surface area contributed by atoms with E-state index in [1.54, 1.807) is 79.0 Å². The Bertz CT molecular complexity index is 1950. The van der Waals surface area contributed by atoms with Crippen LogP contribution in [0.4, 0.5) is 5.69 Å². The summed E-state index contributed by atoms with van der Waals surface area (Å²) < 4.78 is 30.9. The number of anilines is 1. The Hall–Kier alpha value is -4.37. The fourth-order valence-electron chi connectivity index (χ4n) is 4.95. The van der Waals surface area contributed by atoms with Gasteiger partial charge in [0.15, 0.2) is 0 Å². The Balaban J connectivity index is 1.33. The van der Waals surface area contributed by atoms with Crippen molar-refractivity contribution in [2.75, 3.05) is 4.31 Å². The van der Waals surface area contributed by atoms with Crippen molar-refractivity contribution in [1.29, 1.82) is 0 Å². The van der Waals surface area contributed by atoms with Crippen molar-refractivity contribution in [2.24, 2.45) is 5.10 Å². The van der Waals surface area contributed by atoms with Gasteiger partial charge >= 0.3 is 0 Å². The number of benzene rings is 4. The Labute approximate surface area is 267 Å². The molecule has 224 valence electrons. The molecule has 0 fully saturated rings. The van der Waals surface area contributed by atoms with Crippen LogP contribution in [0.15, 0.2) is 113 Å². The van der Waals surface area contributed by atoms with Gasteiger partial charge in [0.1, 0.15) is 0 Å². The zero-order chi connectivity index (χ0) is 31.4. The third kappa shape index (κ3) is 6.58. The van der Waals surface area contributed by atoms with E-state index in [-0.39, 0.29) is 11.4 Å². The van der Waals surface area contributed by atoms with Crippen LogP contribution in [-0.2, 0) is 16.6 Å². The van der Waals surface area contributed by atoms with Crippen LogP contribution in [0.2, 0.25) is 10.0 Å². The highest BCUT2D eigenvalue weighted by Gasteiger charge is 2.26. The molecule has 7 nitrogen and oxygen atoms in total. The maximum absolute atomic E-state index is 13.7. The molecule has 4 aromatic carbocycles. The van der Waals surface area contributed by atoms with E-state index in [1.165, 1.54) is 4.31 Å². The third-order valence-electron chi connectivity index (χ3n) is 7.25. The van der Waals surface area contributed by atoms with E-state index < -0.39 is 15.9 Å². The second kappa shape index (κ2) is 13.1. The molecule has 0 spiro atoms. The molecule has 44 heavy (non-hydrogen) atoms. The average molecular weight is 646 g/mol. The first-order chi connectivity index (χ1) is 21.1. The molecular formula is C34H30Cl2N4O3S. The average Bonchev–Trinajstić information content (AvgIpc) is 3.30. The van der Waals surface area contributed by atoms with Gasteiger partial charge < -0.3 is 4.57 Å². The van der Waals surface area contributed by atoms with Gasteiger partial charge in [-0.15, -0.1) is 0 Å². The van der Waals surface area contributed by atoms with Crippen molar-refractivity contribution in [1.82, 2.24) is 9.99 Å². The predicted molar refractivity (Wildman–Crippen MR) is 178 cm³/mol. The van der Waals surface area contributed by atoms with E-state index in [0.29, 0.717) is 26.9 Å². The summed E-state index contributed by atoms with van der Waals surface area (Å²) in [5, 5.41) is 5.24. The van der Waals surface area contributed by atoms with E-state index in [9.17, 15) is 13.2 Å². The minimum Gasteiger partial charge on any atom is -0.316 e. The first-order valence-electron chi connectivity index (χ1n) is 13.8. The number of amides is 1. The van der Waals surface area contributed by atoms with Gasteiger partial charge in [0.2, 0.25) is 0 Å². The molecule has 0 aliphatic heterocycles. The summed E-state index contributed by atoms with van der Waals surface area (Å²) in [5.41, 5.74) is 8.51. The number of carbonyl (C=O) groups is 1. The summed E-state index contributed by atoms with van der Waals surface area (Å²) in [5.74, 6) is -0.396. The van der Waals surface area contributed by atoms with Crippen molar-refractivity contribution in [3.63, 3.8) is 0 Å². The lowest BCUT2D eigenvalue weighted by atomic mass is 10.1. The number of sulfonamides is 1. The lowest BCUT2D eigenvalue weighted by Crippen LogP contribution is -2.31. The number of aromatic nitrogens is 1. The van der Waals surface area contributed by atoms with Gasteiger partial charge in [-0.25, -0.2) is 13.8 Å². The summed E-state index contributed by atoms with van der Waals surface area (Å²) >= 11 is 12.7. The van der Waals surface area contributed by atoms with Gasteiger partial charge in [0.05, 0.1) is 34.1 Å². The summed E-state index contributed by atoms with van der Waals surface area (Å²) in [4.78, 5) is 13.0. The number of aryl methyl sites for hydroxylation is 2. The molecule has 5 rings (SSSR count). The zero-order valence-corrected chi connectivity index (χ0v) is 26.7. The van der Waals surface area contributed by atoms with Crippen LogP contribution in [0.25, 0.3) is 5.69 Å². The molecule has 10 heteroatoms. The molecule has 0 bridgehead atoms. The van der Waals surface area contributed by atoms with Gasteiger partial charge in [-0.2, -0.15) is 5.10 Å². The second-order valence-electron chi connectivity index (χ2n) is 10.3. The van der Waals surface area contributed by atoms with E-state index in [2.05, 4.69) is 10.5 Å². The number of hydrogen-bond donors (Lipinski definition) is 1. The van der Waals surface area contributed by atoms with Crippen LogP contribution >= 0.6 is 23.2 Å². The topological polar surface area (TPSA) is 83.8 Å². The Kier molecular flexibility index (Phi) is 9.25. The highest BCUT2D eigenvalue weighted by atomic mass is 35.5. The van der Waals surface area contributed by atoms with Gasteiger partial charge in [0.25, 0.3) is 15.9 Å². The molecule has 0 radical (unpaired) electrons. The van der Waals surface area contributed by atoms with Gasteiger partial charge in [-0.3, -0.25) is 9.10 Å². The molecular weight excluding hydrogens is 615 g/mol. The Morgan fingerprint density at radius 2 is 1.57 bits per heavy atom. The summed E-state index contributed by atoms with van der Waals surface area (Å²) in [6.07, 6.45) is 1.60. The molecule has 0 saturated heterocycles. The van der Waals surface area contributed by atoms with Gasteiger partial charge in [-0.05, 0) is 86.5 Å². The lowest BCUT2D eigenvalue weighted by molar-refractivity contribution is 0.0955. The van der Waals surface area contributed by atoms with Crippen LogP contribution in [0.5, 0.6) is 0 Å². The number of hydrazone groups is 1. The SMILES string of the molecule is Cc1ccc(Cl)cc1N(Cc1ccc(C(=O)N/N=C/c2cc(C)n(-c3ccccc3Cl)c2C)cc1)S(=O)(=O)c1ccccc1. The van der Waals surface area contributed by atoms with E-state index in [4.69, 9.17) is 23.2 Å². The minimum atomic E-state index is -3.91. The van der Waals surface area contributed by atoms with Crippen LogP contribution in [-0.4, -0.2) is 25.1 Å². The smallest absolute Gasteiger partial charge is 0.271 e. The fraction of sp³-hybridized carbons (Fsp3) is 0.118. The quantitative estimate of drug-likeness (QED) is 0.131. The lowest BCUT2D eigenvalue weighted by Gasteiger charge is -2.26. The molecule has 0 saturated carbocycles. The fourth-order valence-corrected chi connectivity index (χ4v) is 6.86. The molecule has 1 aromatic heterocycles. The molecule has 5 aromatic rings. The monoisotopic (exact) mass is 644 g/mol. The number of nitrogens with zero attached hydrogens (tertiary/aromatic N) is 3. The largest absolute Gasteiger partial charge is 0.316 e. The van der Waals surface area contributed by atoms with Crippen molar-refractivity contribution in [2.45, 2.75) is 32.2 Å². The second-order valence-corrected chi connectivity index (χ2v) is 13.0. The first kappa shape index (κ1) is 31.1. The molecule has 1 heterocycles. The number of nitrogens with one attached hydrogen (secondary N) is 1. The predicted octanol–water partition coefficient (Wildman–Crippen LogP) is 7.87. The number of carbonyl (C=O) groups excluding carboxylic acids is 1. The van der Waals surface area contributed by atoms with E-state index >= 15 is 0 Å². The van der Waals surface area contributed by atoms with Crippen LogP contribution in [0, 0.1) is 20.8 Å². The Morgan fingerprint density at radius 3 is 2.27 bits per heavy atom. The molecule has 0 aliphatic carbocycles.